The number of ketones is 1. The smallest absolute Gasteiger partial charge is 0.159 e. The molecule has 2 N–H and O–H groups in total. The number of hydrogen-bond donors (Lipinski definition) is 1. The lowest BCUT2D eigenvalue weighted by molar-refractivity contribution is -0.127. The molecule has 1 atom stereocenters. The van der Waals surface area contributed by atoms with Gasteiger partial charge in [0.2, 0.25) is 0 Å². The Balaban J connectivity index is 2.87. The van der Waals surface area contributed by atoms with Crippen molar-refractivity contribution in [3.8, 4) is 0 Å². The van der Waals surface area contributed by atoms with E-state index in [0.717, 1.165) is 5.56 Å². The highest BCUT2D eigenvalue weighted by atomic mass is 16.1. The summed E-state index contributed by atoms with van der Waals surface area (Å²) in [4.78, 5) is 11.8. The molecule has 0 aromatic heterocycles. The fraction of sp³-hybridized carbons (Fsp3) is 0.417. The van der Waals surface area contributed by atoms with Crippen LogP contribution < -0.4 is 5.73 Å². The number of rotatable bonds is 2. The normalized spacial score (nSPS) is 13.7. The summed E-state index contributed by atoms with van der Waals surface area (Å²) in [6.45, 7) is 5.66. The molecule has 0 bridgehead atoms. The molecule has 0 amide bonds. The van der Waals surface area contributed by atoms with Gasteiger partial charge in [-0.05, 0) is 5.56 Å². The average Bonchev–Trinajstić information content (AvgIpc) is 2.15. The van der Waals surface area contributed by atoms with Crippen molar-refractivity contribution in [3.05, 3.63) is 35.9 Å². The lowest BCUT2D eigenvalue weighted by Crippen LogP contribution is -2.31. The SMILES string of the molecule is CC(C)(C)C(=O)[C@@H](N)c1ccccc1. The molecule has 1 aromatic rings. The van der Waals surface area contributed by atoms with Crippen molar-refractivity contribution < 1.29 is 4.79 Å². The molecule has 0 saturated carbocycles. The highest BCUT2D eigenvalue weighted by Gasteiger charge is 2.27. The van der Waals surface area contributed by atoms with Gasteiger partial charge in [-0.25, -0.2) is 0 Å². The van der Waals surface area contributed by atoms with E-state index >= 15 is 0 Å². The first-order valence-electron chi connectivity index (χ1n) is 4.78. The second-order valence-electron chi connectivity index (χ2n) is 4.50. The van der Waals surface area contributed by atoms with Crippen LogP contribution in [0.5, 0.6) is 0 Å². The molecule has 0 aliphatic rings. The van der Waals surface area contributed by atoms with Gasteiger partial charge in [0.05, 0.1) is 6.04 Å². The Morgan fingerprint density at radius 2 is 1.71 bits per heavy atom. The van der Waals surface area contributed by atoms with E-state index in [1.807, 2.05) is 51.1 Å². The minimum atomic E-state index is -0.504. The number of carbonyl (C=O) groups is 1. The van der Waals surface area contributed by atoms with E-state index in [1.165, 1.54) is 0 Å². The Morgan fingerprint density at radius 1 is 1.21 bits per heavy atom. The van der Waals surface area contributed by atoms with Crippen LogP contribution in [0.4, 0.5) is 0 Å². The fourth-order valence-electron chi connectivity index (χ4n) is 1.28. The molecular weight excluding hydrogens is 174 g/mol. The maximum absolute atomic E-state index is 11.8. The number of benzene rings is 1. The van der Waals surface area contributed by atoms with Gasteiger partial charge in [0, 0.05) is 5.41 Å². The van der Waals surface area contributed by atoms with Crippen LogP contribution in [0.2, 0.25) is 0 Å². The zero-order valence-electron chi connectivity index (χ0n) is 8.95. The highest BCUT2D eigenvalue weighted by Crippen LogP contribution is 2.23. The van der Waals surface area contributed by atoms with Gasteiger partial charge in [-0.2, -0.15) is 0 Å². The standard InChI is InChI=1S/C12H17NO/c1-12(2,3)11(14)10(13)9-7-5-4-6-8-9/h4-8,10H,13H2,1-3H3/t10-/m0/s1. The molecule has 1 rings (SSSR count). The largest absolute Gasteiger partial charge is 0.318 e. The first kappa shape index (κ1) is 10.9. The van der Waals surface area contributed by atoms with Crippen LogP contribution in [0.15, 0.2) is 30.3 Å². The molecule has 14 heavy (non-hydrogen) atoms. The Labute approximate surface area is 85.1 Å². The maximum Gasteiger partial charge on any atom is 0.159 e. The maximum atomic E-state index is 11.8. The molecule has 0 saturated heterocycles. The van der Waals surface area contributed by atoms with Gasteiger partial charge in [0.15, 0.2) is 5.78 Å². The van der Waals surface area contributed by atoms with E-state index in [2.05, 4.69) is 0 Å². The third-order valence-corrected chi connectivity index (χ3v) is 2.18. The predicted octanol–water partition coefficient (Wildman–Crippen LogP) is 2.30. The second kappa shape index (κ2) is 3.93. The van der Waals surface area contributed by atoms with Crippen LogP contribution in [-0.2, 0) is 4.79 Å². The van der Waals surface area contributed by atoms with Gasteiger partial charge in [0.25, 0.3) is 0 Å². The topological polar surface area (TPSA) is 43.1 Å². The molecule has 1 aromatic carbocycles. The average molecular weight is 191 g/mol. The third kappa shape index (κ3) is 2.42. The van der Waals surface area contributed by atoms with Crippen LogP contribution in [-0.4, -0.2) is 5.78 Å². The summed E-state index contributed by atoms with van der Waals surface area (Å²) in [5, 5.41) is 0. The Morgan fingerprint density at radius 3 is 2.14 bits per heavy atom. The molecule has 0 fully saturated rings. The summed E-state index contributed by atoms with van der Waals surface area (Å²) in [6.07, 6.45) is 0. The number of hydrogen-bond acceptors (Lipinski definition) is 2. The monoisotopic (exact) mass is 191 g/mol. The van der Waals surface area contributed by atoms with Crippen LogP contribution in [0, 0.1) is 5.41 Å². The van der Waals surface area contributed by atoms with E-state index < -0.39 is 6.04 Å². The van der Waals surface area contributed by atoms with Gasteiger partial charge < -0.3 is 5.73 Å². The third-order valence-electron chi connectivity index (χ3n) is 2.18. The van der Waals surface area contributed by atoms with E-state index in [1.54, 1.807) is 0 Å². The van der Waals surface area contributed by atoms with Crippen molar-refractivity contribution >= 4 is 5.78 Å². The van der Waals surface area contributed by atoms with Crippen molar-refractivity contribution in [2.75, 3.05) is 0 Å². The summed E-state index contributed by atoms with van der Waals surface area (Å²) in [7, 11) is 0. The summed E-state index contributed by atoms with van der Waals surface area (Å²) in [6, 6.07) is 8.97. The molecule has 2 heteroatoms. The fourth-order valence-corrected chi connectivity index (χ4v) is 1.28. The van der Waals surface area contributed by atoms with Gasteiger partial charge in [0.1, 0.15) is 0 Å². The van der Waals surface area contributed by atoms with Crippen LogP contribution in [0.3, 0.4) is 0 Å². The van der Waals surface area contributed by atoms with Crippen molar-refractivity contribution in [1.82, 2.24) is 0 Å². The van der Waals surface area contributed by atoms with Crippen LogP contribution in [0.25, 0.3) is 0 Å². The zero-order chi connectivity index (χ0) is 10.8. The van der Waals surface area contributed by atoms with E-state index in [9.17, 15) is 4.79 Å². The predicted molar refractivity (Wildman–Crippen MR) is 57.8 cm³/mol. The van der Waals surface area contributed by atoms with E-state index in [4.69, 9.17) is 5.73 Å². The number of Topliss-reactive ketones (excluding diaryl/α,β-unsaturated/α-hetero) is 1. The molecular formula is C12H17NO. The number of nitrogens with two attached hydrogens (primary N) is 1. The lowest BCUT2D eigenvalue weighted by atomic mass is 9.84. The summed E-state index contributed by atoms with van der Waals surface area (Å²) in [5.74, 6) is 0.0729. The Hall–Kier alpha value is -1.15. The summed E-state index contributed by atoms with van der Waals surface area (Å²) >= 11 is 0. The quantitative estimate of drug-likeness (QED) is 0.779. The van der Waals surface area contributed by atoms with E-state index in [0.29, 0.717) is 0 Å². The summed E-state index contributed by atoms with van der Waals surface area (Å²) in [5.41, 5.74) is 6.38. The Kier molecular flexibility index (Phi) is 3.06. The minimum absolute atomic E-state index is 0.0729. The number of carbonyl (C=O) groups excluding carboxylic acids is 1. The molecule has 0 aliphatic carbocycles. The molecule has 0 spiro atoms. The lowest BCUT2D eigenvalue weighted by Gasteiger charge is -2.21. The van der Waals surface area contributed by atoms with Crippen LogP contribution >= 0.6 is 0 Å². The molecule has 2 nitrogen and oxygen atoms in total. The minimum Gasteiger partial charge on any atom is -0.318 e. The van der Waals surface area contributed by atoms with Crippen molar-refractivity contribution in [2.24, 2.45) is 11.1 Å². The Bertz CT molecular complexity index is 311. The first-order chi connectivity index (χ1) is 6.43. The van der Waals surface area contributed by atoms with Crippen molar-refractivity contribution in [3.63, 3.8) is 0 Å². The first-order valence-corrected chi connectivity index (χ1v) is 4.78. The molecule has 0 aliphatic heterocycles. The molecule has 76 valence electrons. The van der Waals surface area contributed by atoms with Gasteiger partial charge in [-0.3, -0.25) is 4.79 Å². The molecule has 0 unspecified atom stereocenters. The van der Waals surface area contributed by atoms with Crippen molar-refractivity contribution in [2.45, 2.75) is 26.8 Å². The van der Waals surface area contributed by atoms with Gasteiger partial charge in [-0.15, -0.1) is 0 Å². The van der Waals surface area contributed by atoms with Crippen molar-refractivity contribution in [1.29, 1.82) is 0 Å². The van der Waals surface area contributed by atoms with Crippen LogP contribution in [0.1, 0.15) is 32.4 Å². The summed E-state index contributed by atoms with van der Waals surface area (Å²) < 4.78 is 0. The molecule has 0 heterocycles. The van der Waals surface area contributed by atoms with Gasteiger partial charge >= 0.3 is 0 Å². The van der Waals surface area contributed by atoms with Gasteiger partial charge in [-0.1, -0.05) is 51.1 Å². The second-order valence-corrected chi connectivity index (χ2v) is 4.50. The highest BCUT2D eigenvalue weighted by molar-refractivity contribution is 5.89. The molecule has 0 radical (unpaired) electrons. The van der Waals surface area contributed by atoms with E-state index in [-0.39, 0.29) is 11.2 Å². The zero-order valence-corrected chi connectivity index (χ0v) is 8.95.